The molecule has 21 heavy (non-hydrogen) atoms. The van der Waals surface area contributed by atoms with Gasteiger partial charge in [-0.1, -0.05) is 6.07 Å². The van der Waals surface area contributed by atoms with Crippen molar-refractivity contribution in [1.29, 1.82) is 0 Å². The molecule has 1 aromatic rings. The molecule has 2 aliphatic heterocycles. The Hall–Kier alpha value is -1.07. The predicted molar refractivity (Wildman–Crippen MR) is 83.6 cm³/mol. The Morgan fingerprint density at radius 3 is 2.19 bits per heavy atom. The van der Waals surface area contributed by atoms with Crippen molar-refractivity contribution < 1.29 is 13.7 Å². The maximum Gasteiger partial charge on any atom is 0.494 e. The highest BCUT2D eigenvalue weighted by molar-refractivity contribution is 6.62. The Morgan fingerprint density at radius 2 is 1.62 bits per heavy atom. The molecule has 1 aromatic carbocycles. The van der Waals surface area contributed by atoms with Crippen molar-refractivity contribution in [3.8, 4) is 0 Å². The number of hydrogen-bond acceptors (Lipinski definition) is 3. The van der Waals surface area contributed by atoms with E-state index in [9.17, 15) is 4.39 Å². The van der Waals surface area contributed by atoms with E-state index in [1.807, 2.05) is 33.8 Å². The smallest absolute Gasteiger partial charge is 0.399 e. The van der Waals surface area contributed by atoms with E-state index in [1.54, 1.807) is 6.07 Å². The summed E-state index contributed by atoms with van der Waals surface area (Å²) in [6, 6.07) is 5.16. The first-order valence-corrected chi connectivity index (χ1v) is 7.70. The highest BCUT2D eigenvalue weighted by Gasteiger charge is 2.51. The largest absolute Gasteiger partial charge is 0.494 e. The van der Waals surface area contributed by atoms with Gasteiger partial charge in [-0.3, -0.25) is 0 Å². The Balaban J connectivity index is 1.88. The zero-order chi connectivity index (χ0) is 15.3. The number of anilines is 1. The van der Waals surface area contributed by atoms with Gasteiger partial charge in [0.15, 0.2) is 0 Å². The lowest BCUT2D eigenvalue weighted by Gasteiger charge is -2.32. The molecule has 0 radical (unpaired) electrons. The van der Waals surface area contributed by atoms with Crippen LogP contribution in [0.15, 0.2) is 18.2 Å². The van der Waals surface area contributed by atoms with Crippen LogP contribution in [-0.2, 0) is 9.31 Å². The normalized spacial score (nSPS) is 23.9. The van der Waals surface area contributed by atoms with Crippen molar-refractivity contribution in [2.24, 2.45) is 0 Å². The van der Waals surface area contributed by atoms with Crippen LogP contribution in [0.1, 0.15) is 40.5 Å². The molecule has 2 aliphatic rings. The van der Waals surface area contributed by atoms with Crippen molar-refractivity contribution in [3.63, 3.8) is 0 Å². The molecule has 5 heteroatoms. The highest BCUT2D eigenvalue weighted by atomic mass is 19.1. The number of nitrogens with zero attached hydrogens (tertiary/aromatic N) is 1. The number of hydrogen-bond donors (Lipinski definition) is 0. The number of rotatable bonds is 2. The molecule has 2 heterocycles. The fraction of sp³-hybridized carbons (Fsp3) is 0.625. The average molecular weight is 291 g/mol. The van der Waals surface area contributed by atoms with Gasteiger partial charge in [-0.05, 0) is 58.1 Å². The summed E-state index contributed by atoms with van der Waals surface area (Å²) in [7, 11) is -0.433. The van der Waals surface area contributed by atoms with E-state index in [0.717, 1.165) is 31.4 Å². The van der Waals surface area contributed by atoms with Gasteiger partial charge in [-0.25, -0.2) is 4.39 Å². The third-order valence-corrected chi connectivity index (χ3v) is 4.94. The second kappa shape index (κ2) is 4.99. The molecule has 0 unspecified atom stereocenters. The minimum atomic E-state index is -0.433. The van der Waals surface area contributed by atoms with E-state index in [0.29, 0.717) is 5.69 Å². The van der Waals surface area contributed by atoms with Gasteiger partial charge in [0.25, 0.3) is 0 Å². The third-order valence-electron chi connectivity index (χ3n) is 4.94. The van der Waals surface area contributed by atoms with Crippen LogP contribution < -0.4 is 10.4 Å². The first-order valence-electron chi connectivity index (χ1n) is 7.70. The Kier molecular flexibility index (Phi) is 3.53. The van der Waals surface area contributed by atoms with E-state index in [4.69, 9.17) is 9.31 Å². The van der Waals surface area contributed by atoms with Crippen LogP contribution in [0, 0.1) is 5.82 Å². The zero-order valence-corrected chi connectivity index (χ0v) is 13.3. The van der Waals surface area contributed by atoms with Crippen LogP contribution in [0.2, 0.25) is 0 Å². The second-order valence-corrected chi connectivity index (χ2v) is 6.99. The summed E-state index contributed by atoms with van der Waals surface area (Å²) < 4.78 is 26.2. The van der Waals surface area contributed by atoms with Gasteiger partial charge in [-0.15, -0.1) is 0 Å². The molecule has 3 nitrogen and oxygen atoms in total. The Morgan fingerprint density at radius 1 is 1.05 bits per heavy atom. The monoisotopic (exact) mass is 291 g/mol. The van der Waals surface area contributed by atoms with Gasteiger partial charge in [0.2, 0.25) is 0 Å². The fourth-order valence-corrected chi connectivity index (χ4v) is 2.86. The van der Waals surface area contributed by atoms with Gasteiger partial charge in [0.05, 0.1) is 16.9 Å². The van der Waals surface area contributed by atoms with Gasteiger partial charge < -0.3 is 14.2 Å². The lowest BCUT2D eigenvalue weighted by molar-refractivity contribution is 0.00578. The molecule has 0 N–H and O–H groups in total. The molecule has 0 spiro atoms. The molecular weight excluding hydrogens is 268 g/mol. The Labute approximate surface area is 126 Å². The van der Waals surface area contributed by atoms with E-state index < -0.39 is 7.12 Å². The molecular formula is C16H23BFNO2. The maximum absolute atomic E-state index is 14.1. The van der Waals surface area contributed by atoms with Crippen LogP contribution in [0.4, 0.5) is 10.1 Å². The van der Waals surface area contributed by atoms with Gasteiger partial charge in [0, 0.05) is 13.1 Å². The zero-order valence-electron chi connectivity index (χ0n) is 13.3. The summed E-state index contributed by atoms with van der Waals surface area (Å²) in [6.07, 6.45) is 2.25. The van der Waals surface area contributed by atoms with E-state index >= 15 is 0 Å². The van der Waals surface area contributed by atoms with Crippen LogP contribution in [0.3, 0.4) is 0 Å². The molecule has 3 rings (SSSR count). The topological polar surface area (TPSA) is 21.7 Å². The summed E-state index contributed by atoms with van der Waals surface area (Å²) in [6.45, 7) is 9.94. The van der Waals surface area contributed by atoms with E-state index in [-0.39, 0.29) is 17.0 Å². The third kappa shape index (κ3) is 2.57. The van der Waals surface area contributed by atoms with Crippen LogP contribution >= 0.6 is 0 Å². The molecule has 2 fully saturated rings. The van der Waals surface area contributed by atoms with Gasteiger partial charge in [0.1, 0.15) is 5.82 Å². The first-order chi connectivity index (χ1) is 9.80. The highest BCUT2D eigenvalue weighted by Crippen LogP contribution is 2.36. The minimum absolute atomic E-state index is 0.169. The van der Waals surface area contributed by atoms with Crippen molar-refractivity contribution in [2.45, 2.75) is 51.7 Å². The first kappa shape index (κ1) is 14.9. The molecule has 0 bridgehead atoms. The lowest BCUT2D eigenvalue weighted by Crippen LogP contribution is -2.41. The summed E-state index contributed by atoms with van der Waals surface area (Å²) in [5.74, 6) is -0.169. The molecule has 0 saturated carbocycles. The van der Waals surface area contributed by atoms with Crippen molar-refractivity contribution in [1.82, 2.24) is 0 Å². The van der Waals surface area contributed by atoms with Crippen molar-refractivity contribution >= 4 is 18.3 Å². The molecule has 0 aromatic heterocycles. The molecule has 0 atom stereocenters. The molecule has 2 saturated heterocycles. The quantitative estimate of drug-likeness (QED) is 0.782. The molecule has 0 aliphatic carbocycles. The van der Waals surface area contributed by atoms with Crippen LogP contribution in [0.5, 0.6) is 0 Å². The van der Waals surface area contributed by atoms with Crippen LogP contribution in [-0.4, -0.2) is 31.4 Å². The summed E-state index contributed by atoms with van der Waals surface area (Å²) in [5.41, 5.74) is 0.802. The fourth-order valence-electron chi connectivity index (χ4n) is 2.86. The SMILES string of the molecule is CC1(C)OB(c2ccc(F)c(N3CCCC3)c2)OC1(C)C. The van der Waals surface area contributed by atoms with E-state index in [1.165, 1.54) is 6.07 Å². The average Bonchev–Trinajstić information content (AvgIpc) is 2.97. The van der Waals surface area contributed by atoms with Crippen molar-refractivity contribution in [2.75, 3.05) is 18.0 Å². The van der Waals surface area contributed by atoms with E-state index in [2.05, 4.69) is 4.90 Å². The minimum Gasteiger partial charge on any atom is -0.399 e. The summed E-state index contributed by atoms with van der Waals surface area (Å²) in [5, 5.41) is 0. The number of benzene rings is 1. The summed E-state index contributed by atoms with van der Waals surface area (Å²) in [4.78, 5) is 2.10. The molecule has 0 amide bonds. The molecule has 114 valence electrons. The Bertz CT molecular complexity index is 525. The standard InChI is InChI=1S/C16H23BFNO2/c1-15(2)16(3,4)21-17(20-15)12-7-8-13(18)14(11-12)19-9-5-6-10-19/h7-8,11H,5-6,9-10H2,1-4H3. The van der Waals surface area contributed by atoms with Crippen LogP contribution in [0.25, 0.3) is 0 Å². The maximum atomic E-state index is 14.1. The number of halogens is 1. The van der Waals surface area contributed by atoms with Gasteiger partial charge in [-0.2, -0.15) is 0 Å². The van der Waals surface area contributed by atoms with Gasteiger partial charge >= 0.3 is 7.12 Å². The predicted octanol–water partition coefficient (Wildman–Crippen LogP) is 2.73. The second-order valence-electron chi connectivity index (χ2n) is 6.99. The summed E-state index contributed by atoms with van der Waals surface area (Å²) >= 11 is 0. The van der Waals surface area contributed by atoms with Crippen molar-refractivity contribution in [3.05, 3.63) is 24.0 Å². The lowest BCUT2D eigenvalue weighted by atomic mass is 9.79.